The lowest BCUT2D eigenvalue weighted by Crippen LogP contribution is -3.08. The van der Waals surface area contributed by atoms with E-state index in [0.717, 1.165) is 13.1 Å². The fourth-order valence-electron chi connectivity index (χ4n) is 1.67. The zero-order valence-electron chi connectivity index (χ0n) is 9.66. The normalized spacial score (nSPS) is 14.2. The fourth-order valence-corrected chi connectivity index (χ4v) is 1.67. The highest BCUT2D eigenvalue weighted by molar-refractivity contribution is 5.18. The lowest BCUT2D eigenvalue weighted by atomic mass is 9.98. The van der Waals surface area contributed by atoms with Crippen LogP contribution >= 0.6 is 0 Å². The molecule has 0 aliphatic carbocycles. The van der Waals surface area contributed by atoms with Gasteiger partial charge < -0.3 is 4.90 Å². The number of quaternary nitrogens is 1. The molecular weight excluding hydrogens is 182 g/mol. The van der Waals surface area contributed by atoms with Crippen LogP contribution in [0.5, 0.6) is 0 Å². The highest BCUT2D eigenvalue weighted by atomic mass is 15.1. The van der Waals surface area contributed by atoms with E-state index < -0.39 is 0 Å². The van der Waals surface area contributed by atoms with Crippen molar-refractivity contribution in [1.29, 1.82) is 0 Å². The molecule has 0 amide bonds. The molecule has 1 nitrogen and oxygen atoms in total. The summed E-state index contributed by atoms with van der Waals surface area (Å²) < 4.78 is 0. The van der Waals surface area contributed by atoms with E-state index >= 15 is 0 Å². The number of rotatable bonds is 5. The van der Waals surface area contributed by atoms with Gasteiger partial charge in [0.25, 0.3) is 0 Å². The number of benzene rings is 1. The van der Waals surface area contributed by atoms with Gasteiger partial charge >= 0.3 is 0 Å². The summed E-state index contributed by atoms with van der Waals surface area (Å²) in [5.74, 6) is 3.32. The molecule has 2 unspecified atom stereocenters. The Morgan fingerprint density at radius 3 is 2.60 bits per heavy atom. The van der Waals surface area contributed by atoms with Crippen molar-refractivity contribution in [2.45, 2.75) is 19.3 Å². The van der Waals surface area contributed by atoms with Crippen LogP contribution in [0.1, 0.15) is 24.8 Å². The van der Waals surface area contributed by atoms with Crippen molar-refractivity contribution in [2.75, 3.05) is 20.1 Å². The quantitative estimate of drug-likeness (QED) is 0.687. The first-order chi connectivity index (χ1) is 7.24. The van der Waals surface area contributed by atoms with E-state index in [9.17, 15) is 0 Å². The van der Waals surface area contributed by atoms with E-state index in [1.165, 1.54) is 16.9 Å². The fraction of sp³-hybridized carbons (Fsp3) is 0.429. The summed E-state index contributed by atoms with van der Waals surface area (Å²) >= 11 is 0. The van der Waals surface area contributed by atoms with Crippen molar-refractivity contribution in [3.8, 4) is 12.3 Å². The molecule has 0 saturated heterocycles. The van der Waals surface area contributed by atoms with E-state index in [2.05, 4.69) is 50.2 Å². The van der Waals surface area contributed by atoms with Gasteiger partial charge in [0.05, 0.1) is 13.6 Å². The lowest BCUT2D eigenvalue weighted by molar-refractivity contribution is -0.872. The Balaban J connectivity index is 2.37. The number of hydrogen-bond donors (Lipinski definition) is 1. The Labute approximate surface area is 93.1 Å². The van der Waals surface area contributed by atoms with Gasteiger partial charge in [0.1, 0.15) is 6.54 Å². The van der Waals surface area contributed by atoms with Crippen molar-refractivity contribution >= 4 is 0 Å². The predicted octanol–water partition coefficient (Wildman–Crippen LogP) is 1.33. The van der Waals surface area contributed by atoms with E-state index in [4.69, 9.17) is 6.42 Å². The highest BCUT2D eigenvalue weighted by Gasteiger charge is 2.07. The second-order valence-corrected chi connectivity index (χ2v) is 4.19. The molecule has 1 heteroatoms. The monoisotopic (exact) mass is 202 g/mol. The first-order valence-corrected chi connectivity index (χ1v) is 5.53. The van der Waals surface area contributed by atoms with Crippen LogP contribution in [-0.4, -0.2) is 20.1 Å². The SMILES string of the molecule is C#CC[NH+](C)CCC(C)c1ccccc1. The molecule has 80 valence electrons. The van der Waals surface area contributed by atoms with Crippen LogP contribution in [0.2, 0.25) is 0 Å². The molecular formula is C14H20N+. The molecule has 0 spiro atoms. The third kappa shape index (κ3) is 4.18. The number of terminal acetylenes is 1. The minimum absolute atomic E-state index is 0.624. The van der Waals surface area contributed by atoms with Gasteiger partial charge in [-0.05, 0) is 17.4 Å². The molecule has 1 N–H and O–H groups in total. The zero-order chi connectivity index (χ0) is 11.1. The molecule has 0 fully saturated rings. The largest absolute Gasteiger partial charge is 0.327 e. The molecule has 1 rings (SSSR count). The van der Waals surface area contributed by atoms with Gasteiger partial charge in [0.2, 0.25) is 0 Å². The molecule has 0 saturated carbocycles. The maximum atomic E-state index is 5.28. The van der Waals surface area contributed by atoms with Crippen molar-refractivity contribution < 1.29 is 4.90 Å². The summed E-state index contributed by atoms with van der Waals surface area (Å²) in [5, 5.41) is 0. The van der Waals surface area contributed by atoms with Crippen LogP contribution in [0.3, 0.4) is 0 Å². The Kier molecular flexibility index (Phi) is 4.93. The summed E-state index contributed by atoms with van der Waals surface area (Å²) in [5.41, 5.74) is 1.42. The van der Waals surface area contributed by atoms with E-state index in [-0.39, 0.29) is 0 Å². The molecule has 1 aromatic carbocycles. The van der Waals surface area contributed by atoms with Crippen LogP contribution in [0.4, 0.5) is 0 Å². The van der Waals surface area contributed by atoms with E-state index in [0.29, 0.717) is 5.92 Å². The Bertz CT molecular complexity index is 310. The highest BCUT2D eigenvalue weighted by Crippen LogP contribution is 2.16. The number of hydrogen-bond acceptors (Lipinski definition) is 0. The summed E-state index contributed by atoms with van der Waals surface area (Å²) in [4.78, 5) is 1.42. The van der Waals surface area contributed by atoms with Gasteiger partial charge in [-0.1, -0.05) is 37.3 Å². The average Bonchev–Trinajstić information content (AvgIpc) is 2.27. The summed E-state index contributed by atoms with van der Waals surface area (Å²) in [6.45, 7) is 4.24. The summed E-state index contributed by atoms with van der Waals surface area (Å²) in [6, 6.07) is 10.7. The summed E-state index contributed by atoms with van der Waals surface area (Å²) in [7, 11) is 2.15. The lowest BCUT2D eigenvalue weighted by Gasteiger charge is -2.15. The smallest absolute Gasteiger partial charge is 0.138 e. The van der Waals surface area contributed by atoms with Gasteiger partial charge in [0.15, 0.2) is 0 Å². The van der Waals surface area contributed by atoms with Crippen LogP contribution in [0.15, 0.2) is 30.3 Å². The van der Waals surface area contributed by atoms with Crippen molar-refractivity contribution in [3.05, 3.63) is 35.9 Å². The third-order valence-electron chi connectivity index (χ3n) is 2.78. The second kappa shape index (κ2) is 6.27. The maximum Gasteiger partial charge on any atom is 0.138 e. The third-order valence-corrected chi connectivity index (χ3v) is 2.78. The minimum atomic E-state index is 0.624. The molecule has 0 aliphatic heterocycles. The van der Waals surface area contributed by atoms with Gasteiger partial charge in [-0.15, -0.1) is 6.42 Å². The average molecular weight is 202 g/mol. The molecule has 0 heterocycles. The summed E-state index contributed by atoms with van der Waals surface area (Å²) in [6.07, 6.45) is 6.47. The van der Waals surface area contributed by atoms with Crippen LogP contribution in [0.25, 0.3) is 0 Å². The van der Waals surface area contributed by atoms with Crippen molar-refractivity contribution in [2.24, 2.45) is 0 Å². The van der Waals surface area contributed by atoms with E-state index in [1.807, 2.05) is 0 Å². The number of nitrogens with one attached hydrogen (secondary N) is 1. The van der Waals surface area contributed by atoms with Crippen LogP contribution < -0.4 is 4.90 Å². The molecule has 1 aromatic rings. The predicted molar refractivity (Wildman–Crippen MR) is 64.9 cm³/mol. The Morgan fingerprint density at radius 1 is 1.33 bits per heavy atom. The van der Waals surface area contributed by atoms with Gasteiger partial charge in [-0.25, -0.2) is 0 Å². The topological polar surface area (TPSA) is 4.44 Å². The molecule has 0 aromatic heterocycles. The maximum absolute atomic E-state index is 5.28. The van der Waals surface area contributed by atoms with Crippen LogP contribution in [-0.2, 0) is 0 Å². The molecule has 0 radical (unpaired) electrons. The molecule has 0 aliphatic rings. The van der Waals surface area contributed by atoms with Gasteiger partial charge in [-0.2, -0.15) is 0 Å². The van der Waals surface area contributed by atoms with Gasteiger partial charge in [-0.3, -0.25) is 0 Å². The van der Waals surface area contributed by atoms with E-state index in [1.54, 1.807) is 0 Å². The van der Waals surface area contributed by atoms with Crippen molar-refractivity contribution in [1.82, 2.24) is 0 Å². The molecule has 0 bridgehead atoms. The Hall–Kier alpha value is -1.26. The standard InChI is InChI=1S/C14H19N/c1-4-11-15(3)12-10-13(2)14-8-6-5-7-9-14/h1,5-9,13H,10-12H2,2-3H3/p+1. The first kappa shape index (κ1) is 11.8. The van der Waals surface area contributed by atoms with Gasteiger partial charge in [0, 0.05) is 6.42 Å². The molecule has 2 atom stereocenters. The second-order valence-electron chi connectivity index (χ2n) is 4.19. The van der Waals surface area contributed by atoms with Crippen LogP contribution in [0, 0.1) is 12.3 Å². The minimum Gasteiger partial charge on any atom is -0.327 e. The zero-order valence-corrected chi connectivity index (χ0v) is 9.66. The molecule has 15 heavy (non-hydrogen) atoms. The first-order valence-electron chi connectivity index (χ1n) is 5.53. The van der Waals surface area contributed by atoms with Crippen molar-refractivity contribution in [3.63, 3.8) is 0 Å². The Morgan fingerprint density at radius 2 is 2.00 bits per heavy atom.